The van der Waals surface area contributed by atoms with Crippen molar-refractivity contribution in [1.82, 2.24) is 0 Å². The molecule has 0 radical (unpaired) electrons. The molecule has 2 N–H and O–H groups in total. The molecule has 4 nitrogen and oxygen atoms in total. The average Bonchev–Trinajstić information content (AvgIpc) is 2.51. The quantitative estimate of drug-likeness (QED) is 0.634. The van der Waals surface area contributed by atoms with E-state index in [1.54, 1.807) is 0 Å². The van der Waals surface area contributed by atoms with Crippen molar-refractivity contribution in [2.45, 2.75) is 6.04 Å². The molecule has 0 aliphatic heterocycles. The topological polar surface area (TPSA) is 69.2 Å². The van der Waals surface area contributed by atoms with Gasteiger partial charge in [-0.05, 0) is 6.07 Å². The Morgan fingerprint density at radius 1 is 1.69 bits per heavy atom. The molecule has 0 fully saturated rings. The SMILES string of the molecule is Cl.N[C@H](CF)c1ccc([N+](=O)[O-])s1. The van der Waals surface area contributed by atoms with Crippen molar-refractivity contribution in [2.75, 3.05) is 6.67 Å². The minimum absolute atomic E-state index is 0. The Hall–Kier alpha value is -0.720. The number of halogens is 2. The molecule has 1 heterocycles. The molecule has 13 heavy (non-hydrogen) atoms. The smallest absolute Gasteiger partial charge is 0.321 e. The van der Waals surface area contributed by atoms with Gasteiger partial charge in [0, 0.05) is 10.9 Å². The molecule has 0 amide bonds. The summed E-state index contributed by atoms with van der Waals surface area (Å²) in [5.41, 5.74) is 5.32. The van der Waals surface area contributed by atoms with Crippen LogP contribution in [0, 0.1) is 10.1 Å². The zero-order valence-corrected chi connectivity index (χ0v) is 8.11. The summed E-state index contributed by atoms with van der Waals surface area (Å²) in [4.78, 5) is 10.2. The van der Waals surface area contributed by atoms with Crippen molar-refractivity contribution >= 4 is 28.7 Å². The van der Waals surface area contributed by atoms with Crippen LogP contribution < -0.4 is 5.73 Å². The zero-order valence-electron chi connectivity index (χ0n) is 6.47. The molecule has 74 valence electrons. The van der Waals surface area contributed by atoms with Gasteiger partial charge >= 0.3 is 5.00 Å². The third kappa shape index (κ3) is 2.91. The molecule has 1 aromatic heterocycles. The predicted molar refractivity (Wildman–Crippen MR) is 51.1 cm³/mol. The Morgan fingerprint density at radius 3 is 2.69 bits per heavy atom. The fourth-order valence-electron chi connectivity index (χ4n) is 0.716. The molecule has 0 bridgehead atoms. The minimum atomic E-state index is -0.733. The molecular weight excluding hydrogens is 219 g/mol. The van der Waals surface area contributed by atoms with Gasteiger partial charge in [-0.25, -0.2) is 4.39 Å². The first-order valence-corrected chi connectivity index (χ1v) is 4.02. The maximum Gasteiger partial charge on any atom is 0.324 e. The maximum absolute atomic E-state index is 12.0. The molecule has 0 aliphatic carbocycles. The van der Waals surface area contributed by atoms with Crippen LogP contribution in [0.25, 0.3) is 0 Å². The fraction of sp³-hybridized carbons (Fsp3) is 0.333. The summed E-state index contributed by atoms with van der Waals surface area (Å²) < 4.78 is 12.0. The number of alkyl halides is 1. The van der Waals surface area contributed by atoms with E-state index in [1.807, 2.05) is 0 Å². The van der Waals surface area contributed by atoms with Gasteiger partial charge in [-0.2, -0.15) is 0 Å². The van der Waals surface area contributed by atoms with Crippen molar-refractivity contribution in [1.29, 1.82) is 0 Å². The highest BCUT2D eigenvalue weighted by Gasteiger charge is 2.14. The highest BCUT2D eigenvalue weighted by atomic mass is 35.5. The van der Waals surface area contributed by atoms with E-state index < -0.39 is 17.6 Å². The normalized spacial score (nSPS) is 11.8. The second-order valence-corrected chi connectivity index (χ2v) is 3.29. The average molecular weight is 227 g/mol. The first-order chi connectivity index (χ1) is 5.65. The highest BCUT2D eigenvalue weighted by molar-refractivity contribution is 7.15. The first-order valence-electron chi connectivity index (χ1n) is 3.21. The standard InChI is InChI=1S/C6H7FN2O2S.ClH/c7-3-4(8)5-1-2-6(12-5)9(10)11;/h1-2,4H,3,8H2;1H/t4-;/m1./s1. The summed E-state index contributed by atoms with van der Waals surface area (Å²) in [5, 5.41) is 10.2. The molecule has 1 aromatic rings. The molecule has 7 heteroatoms. The Balaban J connectivity index is 0.00000144. The summed E-state index contributed by atoms with van der Waals surface area (Å²) in [6.07, 6.45) is 0. The van der Waals surface area contributed by atoms with Crippen molar-refractivity contribution in [3.8, 4) is 0 Å². The Labute approximate surface area is 84.1 Å². The number of nitrogens with two attached hydrogens (primary N) is 1. The number of hydrogen-bond donors (Lipinski definition) is 1. The lowest BCUT2D eigenvalue weighted by Gasteiger charge is -1.99. The summed E-state index contributed by atoms with van der Waals surface area (Å²) in [6.45, 7) is -0.697. The summed E-state index contributed by atoms with van der Waals surface area (Å²) in [5.74, 6) is 0. The van der Waals surface area contributed by atoms with Gasteiger partial charge in [-0.15, -0.1) is 12.4 Å². The lowest BCUT2D eigenvalue weighted by Crippen LogP contribution is -2.09. The van der Waals surface area contributed by atoms with E-state index >= 15 is 0 Å². The van der Waals surface area contributed by atoms with Crippen molar-refractivity contribution in [3.05, 3.63) is 27.1 Å². The van der Waals surface area contributed by atoms with Crippen molar-refractivity contribution in [3.63, 3.8) is 0 Å². The van der Waals surface area contributed by atoms with E-state index in [-0.39, 0.29) is 17.4 Å². The zero-order chi connectivity index (χ0) is 9.14. The van der Waals surface area contributed by atoms with Gasteiger partial charge in [0.15, 0.2) is 0 Å². The molecule has 1 atom stereocenters. The second-order valence-electron chi connectivity index (χ2n) is 2.19. The molecule has 0 saturated heterocycles. The minimum Gasteiger partial charge on any atom is -0.321 e. The van der Waals surface area contributed by atoms with Gasteiger partial charge in [0.25, 0.3) is 0 Å². The number of hydrogen-bond acceptors (Lipinski definition) is 4. The van der Waals surface area contributed by atoms with Crippen LogP contribution in [0.15, 0.2) is 12.1 Å². The molecule has 0 aliphatic rings. The van der Waals surface area contributed by atoms with Crippen LogP contribution in [-0.2, 0) is 0 Å². The maximum atomic E-state index is 12.0. The van der Waals surface area contributed by atoms with Crippen LogP contribution in [-0.4, -0.2) is 11.6 Å². The summed E-state index contributed by atoms with van der Waals surface area (Å²) >= 11 is 0.910. The van der Waals surface area contributed by atoms with E-state index in [0.717, 1.165) is 11.3 Å². The van der Waals surface area contributed by atoms with Gasteiger partial charge in [-0.3, -0.25) is 10.1 Å². The van der Waals surface area contributed by atoms with E-state index in [9.17, 15) is 14.5 Å². The van der Waals surface area contributed by atoms with Gasteiger partial charge < -0.3 is 5.73 Å². The van der Waals surface area contributed by atoms with Crippen LogP contribution in [0.2, 0.25) is 0 Å². The fourth-order valence-corrected chi connectivity index (χ4v) is 1.52. The third-order valence-corrected chi connectivity index (χ3v) is 2.49. The first kappa shape index (κ1) is 12.3. The Morgan fingerprint density at radius 2 is 2.31 bits per heavy atom. The Bertz CT molecular complexity index is 294. The number of thiophene rings is 1. The van der Waals surface area contributed by atoms with E-state index in [2.05, 4.69) is 0 Å². The van der Waals surface area contributed by atoms with Gasteiger partial charge in [0.1, 0.15) is 6.67 Å². The summed E-state index contributed by atoms with van der Waals surface area (Å²) in [7, 11) is 0. The molecule has 0 unspecified atom stereocenters. The van der Waals surface area contributed by atoms with Crippen molar-refractivity contribution in [2.24, 2.45) is 5.73 Å². The van der Waals surface area contributed by atoms with Crippen LogP contribution >= 0.6 is 23.7 Å². The second kappa shape index (κ2) is 5.11. The number of rotatable bonds is 3. The van der Waals surface area contributed by atoms with Crippen molar-refractivity contribution < 1.29 is 9.31 Å². The van der Waals surface area contributed by atoms with Gasteiger partial charge in [0.05, 0.1) is 11.0 Å². The molecule has 0 aromatic carbocycles. The molecule has 0 spiro atoms. The van der Waals surface area contributed by atoms with Gasteiger partial charge in [-0.1, -0.05) is 11.3 Å². The molecule has 1 rings (SSSR count). The van der Waals surface area contributed by atoms with E-state index in [4.69, 9.17) is 5.73 Å². The largest absolute Gasteiger partial charge is 0.324 e. The lowest BCUT2D eigenvalue weighted by atomic mass is 10.3. The highest BCUT2D eigenvalue weighted by Crippen LogP contribution is 2.27. The predicted octanol–water partition coefficient (Wildman–Crippen LogP) is 2.05. The van der Waals surface area contributed by atoms with Crippen LogP contribution in [0.4, 0.5) is 9.39 Å². The summed E-state index contributed by atoms with van der Waals surface area (Å²) in [6, 6.07) is 2.08. The molecular formula is C6H8ClFN2O2S. The monoisotopic (exact) mass is 226 g/mol. The number of nitrogens with zero attached hydrogens (tertiary/aromatic N) is 1. The van der Waals surface area contributed by atoms with E-state index in [1.165, 1.54) is 12.1 Å². The van der Waals surface area contributed by atoms with Gasteiger partial charge in [0.2, 0.25) is 0 Å². The van der Waals surface area contributed by atoms with Crippen LogP contribution in [0.1, 0.15) is 10.9 Å². The number of nitro groups is 1. The Kier molecular flexibility index (Phi) is 4.82. The van der Waals surface area contributed by atoms with E-state index in [0.29, 0.717) is 4.88 Å². The third-order valence-electron chi connectivity index (χ3n) is 1.32. The van der Waals surface area contributed by atoms with Crippen LogP contribution in [0.5, 0.6) is 0 Å². The lowest BCUT2D eigenvalue weighted by molar-refractivity contribution is -0.380. The molecule has 0 saturated carbocycles. The van der Waals surface area contributed by atoms with Crippen LogP contribution in [0.3, 0.4) is 0 Å².